The van der Waals surface area contributed by atoms with Gasteiger partial charge in [0.15, 0.2) is 5.69 Å². The molecule has 1 aromatic heterocycles. The number of hydrogen-bond donors (Lipinski definition) is 0. The van der Waals surface area contributed by atoms with Crippen molar-refractivity contribution < 1.29 is 22.7 Å². The summed E-state index contributed by atoms with van der Waals surface area (Å²) >= 11 is 12.4. The van der Waals surface area contributed by atoms with E-state index in [1.807, 2.05) is 6.07 Å². The molecule has 0 atom stereocenters. The Labute approximate surface area is 197 Å². The molecular formula is C24H15Cl2F3N2O2. The molecule has 3 aromatic carbocycles. The Kier molecular flexibility index (Phi) is 6.44. The van der Waals surface area contributed by atoms with Gasteiger partial charge in [-0.1, -0.05) is 59.6 Å². The molecule has 0 amide bonds. The van der Waals surface area contributed by atoms with E-state index in [2.05, 4.69) is 5.10 Å². The second-order valence-corrected chi connectivity index (χ2v) is 7.87. The fourth-order valence-corrected chi connectivity index (χ4v) is 3.80. The van der Waals surface area contributed by atoms with Crippen LogP contribution < -0.4 is 4.74 Å². The molecule has 0 saturated carbocycles. The average molecular weight is 491 g/mol. The highest BCUT2D eigenvalue weighted by Gasteiger charge is 2.35. The number of hydrogen-bond acceptors (Lipinski definition) is 3. The van der Waals surface area contributed by atoms with Crippen LogP contribution in [0.25, 0.3) is 16.8 Å². The molecule has 0 fully saturated rings. The minimum Gasteiger partial charge on any atom is -0.487 e. The van der Waals surface area contributed by atoms with Gasteiger partial charge in [0, 0.05) is 5.56 Å². The molecule has 0 aliphatic heterocycles. The Morgan fingerprint density at radius 2 is 1.58 bits per heavy atom. The van der Waals surface area contributed by atoms with Crippen molar-refractivity contribution in [2.24, 2.45) is 0 Å². The molecular weight excluding hydrogens is 476 g/mol. The number of benzene rings is 3. The molecule has 0 aliphatic carbocycles. The predicted molar refractivity (Wildman–Crippen MR) is 120 cm³/mol. The van der Waals surface area contributed by atoms with Crippen LogP contribution in [-0.2, 0) is 12.8 Å². The lowest BCUT2D eigenvalue weighted by atomic mass is 10.0. The molecule has 4 nitrogen and oxygen atoms in total. The number of para-hydroxylation sites is 1. The highest BCUT2D eigenvalue weighted by atomic mass is 35.5. The zero-order valence-electron chi connectivity index (χ0n) is 16.8. The van der Waals surface area contributed by atoms with E-state index in [-0.39, 0.29) is 28.0 Å². The molecule has 0 N–H and O–H groups in total. The first kappa shape index (κ1) is 22.9. The number of rotatable bonds is 6. The van der Waals surface area contributed by atoms with Crippen LogP contribution in [0.1, 0.15) is 21.7 Å². The highest BCUT2D eigenvalue weighted by molar-refractivity contribution is 6.37. The van der Waals surface area contributed by atoms with Crippen molar-refractivity contribution in [2.45, 2.75) is 12.8 Å². The Bertz CT molecular complexity index is 1280. The summed E-state index contributed by atoms with van der Waals surface area (Å²) in [4.78, 5) is 11.0. The summed E-state index contributed by atoms with van der Waals surface area (Å²) < 4.78 is 46.7. The van der Waals surface area contributed by atoms with E-state index < -0.39 is 11.9 Å². The Morgan fingerprint density at radius 3 is 2.21 bits per heavy atom. The smallest absolute Gasteiger partial charge is 0.435 e. The first-order valence-corrected chi connectivity index (χ1v) is 10.4. The topological polar surface area (TPSA) is 44.1 Å². The summed E-state index contributed by atoms with van der Waals surface area (Å²) in [6, 6.07) is 19.6. The molecule has 0 saturated heterocycles. The van der Waals surface area contributed by atoms with Gasteiger partial charge in [0.05, 0.1) is 15.7 Å². The molecule has 0 unspecified atom stereocenters. The van der Waals surface area contributed by atoms with E-state index in [4.69, 9.17) is 27.9 Å². The summed E-state index contributed by atoms with van der Waals surface area (Å²) in [5.74, 6) is 0.442. The Hall–Kier alpha value is -3.29. The number of aromatic nitrogens is 2. The van der Waals surface area contributed by atoms with Gasteiger partial charge in [0.2, 0.25) is 0 Å². The number of carbonyl (C=O) groups is 1. The van der Waals surface area contributed by atoms with Crippen molar-refractivity contribution in [3.63, 3.8) is 0 Å². The van der Waals surface area contributed by atoms with Crippen LogP contribution in [0, 0.1) is 0 Å². The molecule has 0 radical (unpaired) electrons. The number of nitrogens with zero attached hydrogens (tertiary/aromatic N) is 2. The zero-order chi connectivity index (χ0) is 23.6. The molecule has 9 heteroatoms. The molecule has 4 aromatic rings. The zero-order valence-corrected chi connectivity index (χ0v) is 18.3. The summed E-state index contributed by atoms with van der Waals surface area (Å²) in [7, 11) is 0. The van der Waals surface area contributed by atoms with Crippen LogP contribution in [0.15, 0.2) is 72.8 Å². The van der Waals surface area contributed by atoms with Crippen molar-refractivity contribution in [2.75, 3.05) is 0 Å². The lowest BCUT2D eigenvalue weighted by molar-refractivity contribution is -0.141. The van der Waals surface area contributed by atoms with Crippen LogP contribution in [0.3, 0.4) is 0 Å². The van der Waals surface area contributed by atoms with Crippen molar-refractivity contribution in [1.29, 1.82) is 0 Å². The normalized spacial score (nSPS) is 11.4. The van der Waals surface area contributed by atoms with Gasteiger partial charge in [-0.15, -0.1) is 0 Å². The van der Waals surface area contributed by atoms with Crippen LogP contribution in [0.5, 0.6) is 5.75 Å². The first-order chi connectivity index (χ1) is 15.8. The van der Waals surface area contributed by atoms with Gasteiger partial charge in [0.1, 0.15) is 24.3 Å². The first-order valence-electron chi connectivity index (χ1n) is 9.65. The standard InChI is InChI=1S/C24H15Cl2F3N2O2/c25-20-5-2-6-21(26)23(20)31-18(12-22(30-31)24(27,28)29)14-33-19-9-7-16(8-10-19)17-4-1-3-15(11-17)13-32/h1-13H,14H2. The number of alkyl halides is 3. The fraction of sp³-hybridized carbons (Fsp3) is 0.0833. The summed E-state index contributed by atoms with van der Waals surface area (Å²) in [5.41, 5.74) is 1.45. The maximum absolute atomic E-state index is 13.3. The minimum atomic E-state index is -4.65. The second-order valence-electron chi connectivity index (χ2n) is 7.06. The summed E-state index contributed by atoms with van der Waals surface area (Å²) in [6.07, 6.45) is -3.88. The summed E-state index contributed by atoms with van der Waals surface area (Å²) in [5, 5.41) is 3.98. The van der Waals surface area contributed by atoms with E-state index in [0.29, 0.717) is 11.3 Å². The molecule has 0 bridgehead atoms. The molecule has 168 valence electrons. The maximum Gasteiger partial charge on any atom is 0.435 e. The molecule has 1 heterocycles. The number of carbonyl (C=O) groups excluding carboxylic acids is 1. The van der Waals surface area contributed by atoms with E-state index in [1.165, 1.54) is 12.1 Å². The van der Waals surface area contributed by atoms with Gasteiger partial charge < -0.3 is 4.74 Å². The van der Waals surface area contributed by atoms with Crippen molar-refractivity contribution in [1.82, 2.24) is 9.78 Å². The monoisotopic (exact) mass is 490 g/mol. The SMILES string of the molecule is O=Cc1cccc(-c2ccc(OCc3cc(C(F)(F)F)nn3-c3c(Cl)cccc3Cl)cc2)c1. The average Bonchev–Trinajstić information content (AvgIpc) is 3.22. The lowest BCUT2D eigenvalue weighted by Gasteiger charge is -2.12. The van der Waals surface area contributed by atoms with Crippen LogP contribution in [-0.4, -0.2) is 16.1 Å². The molecule has 0 aliphatic rings. The quantitative estimate of drug-likeness (QED) is 0.267. The Balaban J connectivity index is 1.60. The van der Waals surface area contributed by atoms with Gasteiger partial charge in [-0.3, -0.25) is 4.79 Å². The van der Waals surface area contributed by atoms with Crippen LogP contribution >= 0.6 is 23.2 Å². The minimum absolute atomic E-state index is 0.125. The molecule has 33 heavy (non-hydrogen) atoms. The van der Waals surface area contributed by atoms with Gasteiger partial charge in [-0.25, -0.2) is 4.68 Å². The van der Waals surface area contributed by atoms with E-state index in [1.54, 1.807) is 48.5 Å². The van der Waals surface area contributed by atoms with E-state index in [0.717, 1.165) is 28.2 Å². The lowest BCUT2D eigenvalue weighted by Crippen LogP contribution is -2.09. The van der Waals surface area contributed by atoms with Crippen LogP contribution in [0.2, 0.25) is 10.0 Å². The van der Waals surface area contributed by atoms with E-state index >= 15 is 0 Å². The fourth-order valence-electron chi connectivity index (χ4n) is 3.24. The van der Waals surface area contributed by atoms with Gasteiger partial charge in [-0.05, 0) is 47.5 Å². The number of aldehydes is 1. The molecule has 0 spiro atoms. The van der Waals surface area contributed by atoms with Crippen molar-refractivity contribution >= 4 is 29.5 Å². The van der Waals surface area contributed by atoms with E-state index in [9.17, 15) is 18.0 Å². The van der Waals surface area contributed by atoms with Crippen molar-refractivity contribution in [3.8, 4) is 22.6 Å². The maximum atomic E-state index is 13.3. The molecule has 4 rings (SSSR count). The Morgan fingerprint density at radius 1 is 0.909 bits per heavy atom. The summed E-state index contributed by atoms with van der Waals surface area (Å²) in [6.45, 7) is -0.204. The third kappa shape index (κ3) is 5.05. The number of ether oxygens (including phenoxy) is 1. The van der Waals surface area contributed by atoms with Gasteiger partial charge >= 0.3 is 6.18 Å². The van der Waals surface area contributed by atoms with Crippen LogP contribution in [0.4, 0.5) is 13.2 Å². The van der Waals surface area contributed by atoms with Gasteiger partial charge in [-0.2, -0.15) is 18.3 Å². The largest absolute Gasteiger partial charge is 0.487 e. The highest BCUT2D eigenvalue weighted by Crippen LogP contribution is 2.34. The third-order valence-corrected chi connectivity index (χ3v) is 5.43. The predicted octanol–water partition coefficient (Wildman–Crippen LogP) is 7.26. The third-order valence-electron chi connectivity index (χ3n) is 4.82. The van der Waals surface area contributed by atoms with Crippen molar-refractivity contribution in [3.05, 3.63) is 99.8 Å². The van der Waals surface area contributed by atoms with Gasteiger partial charge in [0.25, 0.3) is 0 Å². The second kappa shape index (κ2) is 9.29. The number of halogens is 5.